The quantitative estimate of drug-likeness (QED) is 0.790. The van der Waals surface area contributed by atoms with Crippen LogP contribution in [0.4, 0.5) is 10.5 Å². The van der Waals surface area contributed by atoms with Gasteiger partial charge in [0.2, 0.25) is 0 Å². The fourth-order valence-corrected chi connectivity index (χ4v) is 1.79. The number of aromatic amines is 1. The first kappa shape index (κ1) is 12.9. The highest BCUT2D eigenvalue weighted by Crippen LogP contribution is 2.23. The molecule has 0 aliphatic rings. The third kappa shape index (κ3) is 3.01. The Bertz CT molecular complexity index is 587. The Labute approximate surface area is 113 Å². The third-order valence-electron chi connectivity index (χ3n) is 2.12. The molecule has 6 heteroatoms. The van der Waals surface area contributed by atoms with Crippen molar-refractivity contribution in [3.05, 3.63) is 22.9 Å². The van der Waals surface area contributed by atoms with Crippen molar-refractivity contribution in [2.75, 3.05) is 5.32 Å². The number of nitrogens with zero attached hydrogens (tertiary/aromatic N) is 1. The number of amides is 1. The fraction of sp³-hybridized carbons (Fsp3) is 0.333. The number of fused-ring (bicyclic) bond motifs is 1. The van der Waals surface area contributed by atoms with Gasteiger partial charge in [-0.15, -0.1) is 0 Å². The molecule has 18 heavy (non-hydrogen) atoms. The van der Waals surface area contributed by atoms with E-state index in [9.17, 15) is 4.79 Å². The molecule has 5 nitrogen and oxygen atoms in total. The van der Waals surface area contributed by atoms with Crippen LogP contribution in [0.1, 0.15) is 20.8 Å². The second-order valence-corrected chi connectivity index (χ2v) is 5.67. The maximum Gasteiger partial charge on any atom is 0.412 e. The highest BCUT2D eigenvalue weighted by atomic mass is 79.9. The van der Waals surface area contributed by atoms with Crippen LogP contribution >= 0.6 is 15.9 Å². The Hall–Kier alpha value is -1.56. The molecule has 0 spiro atoms. The van der Waals surface area contributed by atoms with Gasteiger partial charge in [0.1, 0.15) is 15.7 Å². The van der Waals surface area contributed by atoms with Gasteiger partial charge < -0.3 is 9.72 Å². The second-order valence-electron chi connectivity index (χ2n) is 4.86. The van der Waals surface area contributed by atoms with E-state index in [4.69, 9.17) is 4.74 Å². The Morgan fingerprint density at radius 3 is 2.83 bits per heavy atom. The number of hydrogen-bond acceptors (Lipinski definition) is 3. The molecule has 0 atom stereocenters. The zero-order valence-electron chi connectivity index (χ0n) is 10.4. The Kier molecular flexibility index (Phi) is 3.30. The smallest absolute Gasteiger partial charge is 0.412 e. The fourth-order valence-electron chi connectivity index (χ4n) is 1.48. The van der Waals surface area contributed by atoms with Gasteiger partial charge in [0.25, 0.3) is 0 Å². The molecule has 2 aromatic rings. The summed E-state index contributed by atoms with van der Waals surface area (Å²) in [7, 11) is 0. The number of carbonyl (C=O) groups is 1. The molecule has 2 aromatic heterocycles. The number of hydrogen-bond donors (Lipinski definition) is 2. The van der Waals surface area contributed by atoms with E-state index in [0.717, 1.165) is 5.52 Å². The van der Waals surface area contributed by atoms with E-state index in [0.29, 0.717) is 15.8 Å². The van der Waals surface area contributed by atoms with Crippen LogP contribution in [-0.2, 0) is 4.74 Å². The highest BCUT2D eigenvalue weighted by molar-refractivity contribution is 9.10. The molecule has 0 bridgehead atoms. The minimum atomic E-state index is -0.524. The topological polar surface area (TPSA) is 67.0 Å². The van der Waals surface area contributed by atoms with Crippen molar-refractivity contribution in [3.63, 3.8) is 0 Å². The molecular formula is C12H14BrN3O2. The summed E-state index contributed by atoms with van der Waals surface area (Å²) in [5.41, 5.74) is 1.62. The highest BCUT2D eigenvalue weighted by Gasteiger charge is 2.17. The number of halogens is 1. The van der Waals surface area contributed by atoms with Crippen molar-refractivity contribution in [1.29, 1.82) is 0 Å². The van der Waals surface area contributed by atoms with Crippen molar-refractivity contribution in [2.45, 2.75) is 26.4 Å². The molecule has 2 heterocycles. The molecular weight excluding hydrogens is 298 g/mol. The molecule has 0 radical (unpaired) electrons. The third-order valence-corrected chi connectivity index (χ3v) is 2.57. The summed E-state index contributed by atoms with van der Waals surface area (Å²) < 4.78 is 5.90. The number of pyridine rings is 1. The number of nitrogens with one attached hydrogen (secondary N) is 2. The van der Waals surface area contributed by atoms with Gasteiger partial charge in [-0.1, -0.05) is 0 Å². The van der Waals surface area contributed by atoms with Gasteiger partial charge in [-0.3, -0.25) is 5.32 Å². The first-order chi connectivity index (χ1) is 8.35. The minimum absolute atomic E-state index is 0.495. The molecule has 0 aliphatic carbocycles. The van der Waals surface area contributed by atoms with Crippen LogP contribution in [-0.4, -0.2) is 21.7 Å². The van der Waals surface area contributed by atoms with E-state index in [1.807, 2.05) is 32.9 Å². The predicted molar refractivity (Wildman–Crippen MR) is 73.7 cm³/mol. The van der Waals surface area contributed by atoms with Crippen molar-refractivity contribution in [3.8, 4) is 0 Å². The molecule has 0 aliphatic heterocycles. The van der Waals surface area contributed by atoms with Gasteiger partial charge in [-0.05, 0) is 48.8 Å². The van der Waals surface area contributed by atoms with E-state index in [-0.39, 0.29) is 0 Å². The van der Waals surface area contributed by atoms with E-state index >= 15 is 0 Å². The number of rotatable bonds is 1. The summed E-state index contributed by atoms with van der Waals surface area (Å²) >= 11 is 3.30. The lowest BCUT2D eigenvalue weighted by Gasteiger charge is -2.19. The summed E-state index contributed by atoms with van der Waals surface area (Å²) in [6.45, 7) is 5.45. The summed E-state index contributed by atoms with van der Waals surface area (Å²) in [4.78, 5) is 19.0. The zero-order valence-corrected chi connectivity index (χ0v) is 12.0. The van der Waals surface area contributed by atoms with Crippen LogP contribution < -0.4 is 5.32 Å². The first-order valence-corrected chi connectivity index (χ1v) is 6.28. The van der Waals surface area contributed by atoms with Gasteiger partial charge in [0.15, 0.2) is 0 Å². The molecule has 0 saturated carbocycles. The zero-order chi connectivity index (χ0) is 13.3. The van der Waals surface area contributed by atoms with Crippen molar-refractivity contribution in [1.82, 2.24) is 9.97 Å². The van der Waals surface area contributed by atoms with Crippen LogP contribution in [0, 0.1) is 0 Å². The predicted octanol–water partition coefficient (Wildman–Crippen LogP) is 3.67. The Balaban J connectivity index is 2.22. The lowest BCUT2D eigenvalue weighted by Crippen LogP contribution is -2.27. The minimum Gasteiger partial charge on any atom is -0.444 e. The molecule has 0 saturated heterocycles. The van der Waals surface area contributed by atoms with Gasteiger partial charge in [-0.25, -0.2) is 9.78 Å². The summed E-state index contributed by atoms with van der Waals surface area (Å²) in [6.07, 6.45) is 1.19. The second kappa shape index (κ2) is 4.61. The maximum atomic E-state index is 11.7. The standard InChI is InChI=1S/C12H14BrN3O2/c1-12(2,3)18-11(17)15-8-6-14-7-4-5-9(13)16-10(7)8/h4-6,14H,1-3H3,(H,15,17). The molecule has 0 unspecified atom stereocenters. The molecule has 0 fully saturated rings. The van der Waals surface area contributed by atoms with Crippen LogP contribution in [0.5, 0.6) is 0 Å². The lowest BCUT2D eigenvalue weighted by molar-refractivity contribution is 0.0636. The van der Waals surface area contributed by atoms with Gasteiger partial charge in [-0.2, -0.15) is 0 Å². The van der Waals surface area contributed by atoms with Crippen molar-refractivity contribution >= 4 is 38.7 Å². The van der Waals surface area contributed by atoms with Crippen molar-refractivity contribution < 1.29 is 9.53 Å². The number of ether oxygens (including phenoxy) is 1. The molecule has 2 rings (SSSR count). The summed E-state index contributed by atoms with van der Waals surface area (Å²) in [5, 5.41) is 2.67. The summed E-state index contributed by atoms with van der Waals surface area (Å²) in [6, 6.07) is 3.71. The van der Waals surface area contributed by atoms with Gasteiger partial charge >= 0.3 is 6.09 Å². The Morgan fingerprint density at radius 1 is 1.44 bits per heavy atom. The van der Waals surface area contributed by atoms with Gasteiger partial charge in [0.05, 0.1) is 11.2 Å². The monoisotopic (exact) mass is 311 g/mol. The lowest BCUT2D eigenvalue weighted by atomic mass is 10.2. The van der Waals surface area contributed by atoms with E-state index in [1.165, 1.54) is 0 Å². The van der Waals surface area contributed by atoms with E-state index < -0.39 is 11.7 Å². The summed E-state index contributed by atoms with van der Waals surface area (Å²) in [5.74, 6) is 0. The normalized spacial score (nSPS) is 11.6. The van der Waals surface area contributed by atoms with E-state index in [1.54, 1.807) is 6.20 Å². The van der Waals surface area contributed by atoms with Gasteiger partial charge in [0, 0.05) is 6.20 Å². The molecule has 0 aromatic carbocycles. The van der Waals surface area contributed by atoms with Crippen LogP contribution in [0.2, 0.25) is 0 Å². The Morgan fingerprint density at radius 2 is 2.17 bits per heavy atom. The molecule has 2 N–H and O–H groups in total. The molecule has 1 amide bonds. The largest absolute Gasteiger partial charge is 0.444 e. The number of carbonyl (C=O) groups excluding carboxylic acids is 1. The number of anilines is 1. The average Bonchev–Trinajstić information content (AvgIpc) is 2.58. The number of H-pyrrole nitrogens is 1. The van der Waals surface area contributed by atoms with Crippen LogP contribution in [0.3, 0.4) is 0 Å². The average molecular weight is 312 g/mol. The van der Waals surface area contributed by atoms with Crippen molar-refractivity contribution in [2.24, 2.45) is 0 Å². The number of aromatic nitrogens is 2. The van der Waals surface area contributed by atoms with E-state index in [2.05, 4.69) is 31.2 Å². The van der Waals surface area contributed by atoms with Crippen LogP contribution in [0.15, 0.2) is 22.9 Å². The maximum absolute atomic E-state index is 11.7. The SMILES string of the molecule is CC(C)(C)OC(=O)Nc1c[nH]c2ccc(Br)nc12. The molecule has 96 valence electrons. The van der Waals surface area contributed by atoms with Crippen LogP contribution in [0.25, 0.3) is 11.0 Å². The first-order valence-electron chi connectivity index (χ1n) is 5.49.